The van der Waals surface area contributed by atoms with Crippen molar-refractivity contribution < 1.29 is 32.6 Å². The molecule has 0 aromatic heterocycles. The summed E-state index contributed by atoms with van der Waals surface area (Å²) in [6.07, 6.45) is -3.57. The average molecular weight is 379 g/mol. The molecule has 0 spiro atoms. The highest BCUT2D eigenvalue weighted by Crippen LogP contribution is 2.50. The van der Waals surface area contributed by atoms with Crippen molar-refractivity contribution in [2.45, 2.75) is 24.4 Å². The number of hydrogen-bond donors (Lipinski definition) is 2. The number of aliphatic carboxylic acids is 1. The molecule has 2 aromatic rings. The second kappa shape index (κ2) is 6.94. The van der Waals surface area contributed by atoms with E-state index in [9.17, 15) is 22.8 Å². The molecule has 1 aliphatic rings. The fraction of sp³-hybridized carbons (Fsp3) is 0.263. The van der Waals surface area contributed by atoms with Crippen molar-refractivity contribution in [2.24, 2.45) is 0 Å². The highest BCUT2D eigenvalue weighted by atomic mass is 19.4. The van der Waals surface area contributed by atoms with E-state index in [1.54, 1.807) is 12.1 Å². The Morgan fingerprint density at radius 2 is 1.81 bits per heavy atom. The lowest BCUT2D eigenvalue weighted by Gasteiger charge is -2.18. The van der Waals surface area contributed by atoms with Gasteiger partial charge in [-0.1, -0.05) is 24.3 Å². The molecule has 0 saturated heterocycles. The van der Waals surface area contributed by atoms with Gasteiger partial charge in [-0.3, -0.25) is 4.79 Å². The Morgan fingerprint density at radius 1 is 1.11 bits per heavy atom. The maximum absolute atomic E-state index is 12.9. The van der Waals surface area contributed by atoms with Crippen LogP contribution in [-0.2, 0) is 21.2 Å². The molecule has 0 aliphatic heterocycles. The topological polar surface area (TPSA) is 75.6 Å². The number of benzene rings is 2. The van der Waals surface area contributed by atoms with E-state index < -0.39 is 35.6 Å². The van der Waals surface area contributed by atoms with Gasteiger partial charge in [0.1, 0.15) is 5.75 Å². The van der Waals surface area contributed by atoms with E-state index in [2.05, 4.69) is 5.32 Å². The lowest BCUT2D eigenvalue weighted by Crippen LogP contribution is -2.28. The quantitative estimate of drug-likeness (QED) is 0.800. The Morgan fingerprint density at radius 3 is 2.44 bits per heavy atom. The Hall–Kier alpha value is -3.03. The number of rotatable bonds is 6. The predicted molar refractivity (Wildman–Crippen MR) is 90.6 cm³/mol. The van der Waals surface area contributed by atoms with E-state index in [1.807, 2.05) is 0 Å². The number of carbonyl (C=O) groups excluding carboxylic acids is 1. The lowest BCUT2D eigenvalue weighted by atomic mass is 9.93. The molecule has 1 amide bonds. The van der Waals surface area contributed by atoms with E-state index in [4.69, 9.17) is 9.84 Å². The van der Waals surface area contributed by atoms with Crippen molar-refractivity contribution in [3.8, 4) is 5.75 Å². The Labute approximate surface area is 152 Å². The first-order chi connectivity index (χ1) is 12.7. The second-order valence-corrected chi connectivity index (χ2v) is 6.33. The fourth-order valence-electron chi connectivity index (χ4n) is 2.82. The van der Waals surface area contributed by atoms with Gasteiger partial charge in [-0.25, -0.2) is 4.79 Å². The van der Waals surface area contributed by atoms with E-state index in [1.165, 1.54) is 24.3 Å². The average Bonchev–Trinajstić information content (AvgIpc) is 3.42. The van der Waals surface area contributed by atoms with Gasteiger partial charge >= 0.3 is 12.1 Å². The molecule has 2 N–H and O–H groups in total. The minimum Gasteiger partial charge on any atom is -0.482 e. The fourth-order valence-corrected chi connectivity index (χ4v) is 2.82. The van der Waals surface area contributed by atoms with Crippen molar-refractivity contribution >= 4 is 17.6 Å². The number of amides is 1. The number of anilines is 1. The van der Waals surface area contributed by atoms with Crippen LogP contribution in [0.15, 0.2) is 48.5 Å². The number of alkyl halides is 3. The van der Waals surface area contributed by atoms with Gasteiger partial charge in [-0.2, -0.15) is 13.2 Å². The molecule has 27 heavy (non-hydrogen) atoms. The smallest absolute Gasteiger partial charge is 0.416 e. The summed E-state index contributed by atoms with van der Waals surface area (Å²) in [5.74, 6) is -1.28. The molecule has 0 radical (unpaired) electrons. The summed E-state index contributed by atoms with van der Waals surface area (Å²) < 4.78 is 43.9. The van der Waals surface area contributed by atoms with Gasteiger partial charge in [-0.05, 0) is 36.6 Å². The zero-order chi connectivity index (χ0) is 19.7. The molecule has 1 saturated carbocycles. The van der Waals surface area contributed by atoms with Crippen LogP contribution in [0, 0.1) is 0 Å². The largest absolute Gasteiger partial charge is 0.482 e. The van der Waals surface area contributed by atoms with Crippen molar-refractivity contribution in [1.29, 1.82) is 0 Å². The third-order valence-corrected chi connectivity index (χ3v) is 4.38. The third-order valence-electron chi connectivity index (χ3n) is 4.38. The first kappa shape index (κ1) is 18.8. The van der Waals surface area contributed by atoms with E-state index in [-0.39, 0.29) is 5.75 Å². The lowest BCUT2D eigenvalue weighted by molar-refractivity contribution is -0.139. The van der Waals surface area contributed by atoms with Crippen LogP contribution in [0.4, 0.5) is 18.9 Å². The number of carboxylic acids is 1. The Kier molecular flexibility index (Phi) is 4.82. The first-order valence-electron chi connectivity index (χ1n) is 8.14. The van der Waals surface area contributed by atoms with Gasteiger partial charge in [0.05, 0.1) is 11.0 Å². The summed E-state index contributed by atoms with van der Waals surface area (Å²) >= 11 is 0. The summed E-state index contributed by atoms with van der Waals surface area (Å²) in [6.45, 7) is -0.522. The molecule has 1 fully saturated rings. The minimum atomic E-state index is -4.47. The predicted octanol–water partition coefficient (Wildman–Crippen LogP) is 3.84. The van der Waals surface area contributed by atoms with Crippen LogP contribution in [-0.4, -0.2) is 23.6 Å². The maximum atomic E-state index is 12.9. The van der Waals surface area contributed by atoms with Gasteiger partial charge in [0.15, 0.2) is 6.61 Å². The van der Waals surface area contributed by atoms with Crippen LogP contribution in [0.25, 0.3) is 0 Å². The molecule has 1 aliphatic carbocycles. The van der Waals surface area contributed by atoms with Crippen molar-refractivity contribution in [3.05, 3.63) is 59.7 Å². The standard InChI is InChI=1S/C19H16F3NO4/c20-19(21,22)13-4-1-3-12(9-13)18(7-8-18)17(26)23-14-5-2-6-15(10-14)27-11-16(24)25/h1-6,9-10H,7-8,11H2,(H,23,26)(H,24,25). The second-order valence-electron chi connectivity index (χ2n) is 6.33. The maximum Gasteiger partial charge on any atom is 0.416 e. The SMILES string of the molecule is O=C(O)COc1cccc(NC(=O)C2(c3cccc(C(F)(F)F)c3)CC2)c1. The van der Waals surface area contributed by atoms with Crippen molar-refractivity contribution in [1.82, 2.24) is 0 Å². The molecule has 2 aromatic carbocycles. The molecule has 0 atom stereocenters. The first-order valence-corrected chi connectivity index (χ1v) is 8.14. The van der Waals surface area contributed by atoms with Gasteiger partial charge < -0.3 is 15.2 Å². The van der Waals surface area contributed by atoms with E-state index in [0.29, 0.717) is 24.1 Å². The van der Waals surface area contributed by atoms with Gasteiger partial charge in [0.2, 0.25) is 5.91 Å². The molecule has 8 heteroatoms. The zero-order valence-corrected chi connectivity index (χ0v) is 14.0. The van der Waals surface area contributed by atoms with Crippen LogP contribution in [0.1, 0.15) is 24.0 Å². The molecule has 0 bridgehead atoms. The Balaban J connectivity index is 1.77. The number of halogens is 3. The molecule has 0 heterocycles. The normalized spacial score (nSPS) is 15.1. The number of carboxylic acid groups (broad SMARTS) is 1. The summed E-state index contributed by atoms with van der Waals surface area (Å²) in [7, 11) is 0. The van der Waals surface area contributed by atoms with E-state index >= 15 is 0 Å². The minimum absolute atomic E-state index is 0.263. The molecule has 3 rings (SSSR count). The van der Waals surface area contributed by atoms with Gasteiger partial charge in [0.25, 0.3) is 0 Å². The van der Waals surface area contributed by atoms with Crippen LogP contribution in [0.2, 0.25) is 0 Å². The van der Waals surface area contributed by atoms with Crippen LogP contribution < -0.4 is 10.1 Å². The van der Waals surface area contributed by atoms with Crippen LogP contribution >= 0.6 is 0 Å². The highest BCUT2D eigenvalue weighted by molar-refractivity contribution is 6.01. The zero-order valence-electron chi connectivity index (χ0n) is 14.0. The third kappa shape index (κ3) is 4.21. The molecule has 5 nitrogen and oxygen atoms in total. The Bertz CT molecular complexity index is 875. The molecule has 142 valence electrons. The number of ether oxygens (including phenoxy) is 1. The van der Waals surface area contributed by atoms with Crippen LogP contribution in [0.5, 0.6) is 5.75 Å². The van der Waals surface area contributed by atoms with Gasteiger partial charge in [0, 0.05) is 11.8 Å². The summed E-state index contributed by atoms with van der Waals surface area (Å²) in [4.78, 5) is 23.3. The van der Waals surface area contributed by atoms with E-state index in [0.717, 1.165) is 12.1 Å². The van der Waals surface area contributed by atoms with Crippen LogP contribution in [0.3, 0.4) is 0 Å². The molecule has 0 unspecified atom stereocenters. The van der Waals surface area contributed by atoms with Gasteiger partial charge in [-0.15, -0.1) is 0 Å². The summed E-state index contributed by atoms with van der Waals surface area (Å²) in [5.41, 5.74) is -1.07. The number of carbonyl (C=O) groups is 2. The van der Waals surface area contributed by atoms with Crippen molar-refractivity contribution in [2.75, 3.05) is 11.9 Å². The van der Waals surface area contributed by atoms with Crippen molar-refractivity contribution in [3.63, 3.8) is 0 Å². The monoisotopic (exact) mass is 379 g/mol. The highest BCUT2D eigenvalue weighted by Gasteiger charge is 2.51. The number of nitrogens with one attached hydrogen (secondary N) is 1. The molecular weight excluding hydrogens is 363 g/mol. The summed E-state index contributed by atoms with van der Waals surface area (Å²) in [5, 5.41) is 11.3. The summed E-state index contributed by atoms with van der Waals surface area (Å²) in [6, 6.07) is 11.0. The number of hydrogen-bond acceptors (Lipinski definition) is 3. The molecular formula is C19H16F3NO4.